The van der Waals surface area contributed by atoms with Gasteiger partial charge in [0, 0.05) is 6.08 Å². The third-order valence-electron chi connectivity index (χ3n) is 1.89. The molecule has 0 spiro atoms. The van der Waals surface area contributed by atoms with E-state index in [4.69, 9.17) is 5.11 Å². The molecule has 0 saturated carbocycles. The van der Waals surface area contributed by atoms with Crippen molar-refractivity contribution in [3.05, 3.63) is 48.3 Å². The number of carboxylic acids is 1. The fraction of sp³-hybridized carbons (Fsp3) is 0. The summed E-state index contributed by atoms with van der Waals surface area (Å²) in [6, 6.07) is 9.39. The Hall–Kier alpha value is -2.43. The number of para-hydroxylation sites is 1. The lowest BCUT2D eigenvalue weighted by atomic mass is 10.3. The van der Waals surface area contributed by atoms with Crippen LogP contribution in [0, 0.1) is 0 Å². The third-order valence-corrected chi connectivity index (χ3v) is 1.89. The van der Waals surface area contributed by atoms with Crippen LogP contribution in [0.3, 0.4) is 0 Å². The minimum Gasteiger partial charge on any atom is -0.478 e. The number of hydrogen-bond donors (Lipinski definition) is 1. The van der Waals surface area contributed by atoms with Crippen LogP contribution in [0.25, 0.3) is 11.8 Å². The van der Waals surface area contributed by atoms with Gasteiger partial charge in [-0.1, -0.05) is 18.2 Å². The van der Waals surface area contributed by atoms with Crippen LogP contribution < -0.4 is 0 Å². The van der Waals surface area contributed by atoms with Crippen molar-refractivity contribution in [1.82, 2.24) is 15.0 Å². The second kappa shape index (κ2) is 4.39. The summed E-state index contributed by atoms with van der Waals surface area (Å²) in [5.41, 5.74) is 1.34. The smallest absolute Gasteiger partial charge is 0.328 e. The summed E-state index contributed by atoms with van der Waals surface area (Å²) < 4.78 is 0. The van der Waals surface area contributed by atoms with E-state index in [-0.39, 0.29) is 0 Å². The Balaban J connectivity index is 2.23. The highest BCUT2D eigenvalue weighted by Crippen LogP contribution is 2.04. The highest BCUT2D eigenvalue weighted by atomic mass is 16.4. The SMILES string of the molecule is O=C(O)/C=C/c1cnn(-c2ccccc2)n1. The van der Waals surface area contributed by atoms with Gasteiger partial charge in [-0.15, -0.1) is 5.10 Å². The number of aliphatic carboxylic acids is 1. The van der Waals surface area contributed by atoms with Gasteiger partial charge in [0.05, 0.1) is 11.9 Å². The van der Waals surface area contributed by atoms with Crippen LogP contribution in [0.2, 0.25) is 0 Å². The van der Waals surface area contributed by atoms with Crippen molar-refractivity contribution >= 4 is 12.0 Å². The Kier molecular flexibility index (Phi) is 2.77. The van der Waals surface area contributed by atoms with E-state index >= 15 is 0 Å². The lowest BCUT2D eigenvalue weighted by Crippen LogP contribution is -1.97. The maximum absolute atomic E-state index is 10.3. The summed E-state index contributed by atoms with van der Waals surface area (Å²) in [4.78, 5) is 11.8. The zero-order chi connectivity index (χ0) is 11.4. The van der Waals surface area contributed by atoms with E-state index in [0.29, 0.717) is 5.69 Å². The Labute approximate surface area is 91.6 Å². The molecule has 0 unspecified atom stereocenters. The number of rotatable bonds is 3. The Bertz CT molecular complexity index is 517. The molecule has 1 N–H and O–H groups in total. The van der Waals surface area contributed by atoms with Gasteiger partial charge in [-0.3, -0.25) is 0 Å². The largest absolute Gasteiger partial charge is 0.478 e. The zero-order valence-corrected chi connectivity index (χ0v) is 8.32. The fourth-order valence-corrected chi connectivity index (χ4v) is 1.19. The second-order valence-corrected chi connectivity index (χ2v) is 3.07. The quantitative estimate of drug-likeness (QED) is 0.785. The monoisotopic (exact) mass is 215 g/mol. The van der Waals surface area contributed by atoms with Gasteiger partial charge in [0.15, 0.2) is 0 Å². The van der Waals surface area contributed by atoms with Crippen LogP contribution in [-0.2, 0) is 4.79 Å². The molecule has 0 radical (unpaired) electrons. The van der Waals surface area contributed by atoms with Crippen molar-refractivity contribution in [2.45, 2.75) is 0 Å². The maximum atomic E-state index is 10.3. The summed E-state index contributed by atoms with van der Waals surface area (Å²) in [6.07, 6.45) is 3.93. The summed E-state index contributed by atoms with van der Waals surface area (Å²) in [6.45, 7) is 0. The average molecular weight is 215 g/mol. The Morgan fingerprint density at radius 3 is 2.75 bits per heavy atom. The molecule has 0 atom stereocenters. The standard InChI is InChI=1S/C11H9N3O2/c15-11(16)7-6-9-8-12-14(13-9)10-4-2-1-3-5-10/h1-8H,(H,15,16)/b7-6+. The number of benzene rings is 1. The molecule has 1 aromatic heterocycles. The van der Waals surface area contributed by atoms with Crippen LogP contribution in [-0.4, -0.2) is 26.1 Å². The number of carboxylic acid groups (broad SMARTS) is 1. The summed E-state index contributed by atoms with van der Waals surface area (Å²) in [5, 5.41) is 16.6. The Morgan fingerprint density at radius 2 is 2.06 bits per heavy atom. The first-order chi connectivity index (χ1) is 7.75. The first-order valence-corrected chi connectivity index (χ1v) is 4.64. The molecule has 80 valence electrons. The van der Waals surface area contributed by atoms with Crippen LogP contribution in [0.15, 0.2) is 42.6 Å². The first kappa shape index (κ1) is 10.1. The molecule has 2 rings (SSSR count). The molecule has 0 aliphatic rings. The van der Waals surface area contributed by atoms with Crippen molar-refractivity contribution in [3.8, 4) is 5.69 Å². The molecule has 2 aromatic rings. The highest BCUT2D eigenvalue weighted by molar-refractivity contribution is 5.84. The number of aromatic nitrogens is 3. The predicted octanol–water partition coefficient (Wildman–Crippen LogP) is 1.37. The highest BCUT2D eigenvalue weighted by Gasteiger charge is 1.99. The van der Waals surface area contributed by atoms with E-state index in [2.05, 4.69) is 10.2 Å². The molecule has 0 aliphatic carbocycles. The van der Waals surface area contributed by atoms with Gasteiger partial charge < -0.3 is 5.11 Å². The van der Waals surface area contributed by atoms with Crippen molar-refractivity contribution in [2.75, 3.05) is 0 Å². The lowest BCUT2D eigenvalue weighted by Gasteiger charge is -1.96. The first-order valence-electron chi connectivity index (χ1n) is 4.64. The van der Waals surface area contributed by atoms with E-state index in [0.717, 1.165) is 11.8 Å². The van der Waals surface area contributed by atoms with Crippen LogP contribution in [0.4, 0.5) is 0 Å². The van der Waals surface area contributed by atoms with Gasteiger partial charge in [-0.25, -0.2) is 4.79 Å². The predicted molar refractivity (Wildman–Crippen MR) is 58.0 cm³/mol. The molecular formula is C11H9N3O2. The summed E-state index contributed by atoms with van der Waals surface area (Å²) in [7, 11) is 0. The van der Waals surface area contributed by atoms with Gasteiger partial charge >= 0.3 is 5.97 Å². The van der Waals surface area contributed by atoms with Crippen molar-refractivity contribution < 1.29 is 9.90 Å². The van der Waals surface area contributed by atoms with Crippen LogP contribution >= 0.6 is 0 Å². The van der Waals surface area contributed by atoms with Gasteiger partial charge in [0.25, 0.3) is 0 Å². The van der Waals surface area contributed by atoms with Gasteiger partial charge in [0.1, 0.15) is 5.69 Å². The second-order valence-electron chi connectivity index (χ2n) is 3.07. The van der Waals surface area contributed by atoms with Gasteiger partial charge in [-0.2, -0.15) is 9.90 Å². The van der Waals surface area contributed by atoms with E-state index < -0.39 is 5.97 Å². The van der Waals surface area contributed by atoms with E-state index in [1.807, 2.05) is 30.3 Å². The summed E-state index contributed by atoms with van der Waals surface area (Å²) >= 11 is 0. The van der Waals surface area contributed by atoms with Crippen LogP contribution in [0.1, 0.15) is 5.69 Å². The normalized spacial score (nSPS) is 10.8. The molecule has 0 fully saturated rings. The van der Waals surface area contributed by atoms with Gasteiger partial charge in [-0.05, 0) is 18.2 Å². The minimum atomic E-state index is -1.01. The third kappa shape index (κ3) is 2.33. The molecule has 0 saturated heterocycles. The molecule has 16 heavy (non-hydrogen) atoms. The molecule has 1 heterocycles. The average Bonchev–Trinajstić information content (AvgIpc) is 2.76. The molecule has 5 heteroatoms. The summed E-state index contributed by atoms with van der Waals surface area (Å²) in [5.74, 6) is -1.01. The molecule has 0 bridgehead atoms. The van der Waals surface area contributed by atoms with E-state index in [1.54, 1.807) is 0 Å². The number of carbonyl (C=O) groups is 1. The van der Waals surface area contributed by atoms with Crippen molar-refractivity contribution in [1.29, 1.82) is 0 Å². The fourth-order valence-electron chi connectivity index (χ4n) is 1.19. The molecule has 0 amide bonds. The molecule has 1 aromatic carbocycles. The minimum absolute atomic E-state index is 0.506. The number of hydrogen-bond acceptors (Lipinski definition) is 3. The van der Waals surface area contributed by atoms with Gasteiger partial charge in [0.2, 0.25) is 0 Å². The molecular weight excluding hydrogens is 206 g/mol. The maximum Gasteiger partial charge on any atom is 0.328 e. The van der Waals surface area contributed by atoms with E-state index in [9.17, 15) is 4.79 Å². The van der Waals surface area contributed by atoms with Crippen molar-refractivity contribution in [3.63, 3.8) is 0 Å². The lowest BCUT2D eigenvalue weighted by molar-refractivity contribution is -0.131. The van der Waals surface area contributed by atoms with E-state index in [1.165, 1.54) is 17.1 Å². The molecule has 0 aliphatic heterocycles. The Morgan fingerprint density at radius 1 is 1.31 bits per heavy atom. The van der Waals surface area contributed by atoms with Crippen molar-refractivity contribution in [2.24, 2.45) is 0 Å². The van der Waals surface area contributed by atoms with Crippen LogP contribution in [0.5, 0.6) is 0 Å². The molecule has 5 nitrogen and oxygen atoms in total. The number of nitrogens with zero attached hydrogens (tertiary/aromatic N) is 3. The topological polar surface area (TPSA) is 68.0 Å². The zero-order valence-electron chi connectivity index (χ0n) is 8.32.